The zero-order chi connectivity index (χ0) is 74.1. The van der Waals surface area contributed by atoms with Gasteiger partial charge in [0.2, 0.25) is 0 Å². The molecule has 0 fully saturated rings. The number of carbonyl (C=O) groups is 4. The van der Waals surface area contributed by atoms with Crippen LogP contribution in [0.25, 0.3) is 0 Å². The Morgan fingerprint density at radius 1 is 0.267 bits per heavy atom. The molecule has 0 bridgehead atoms. The van der Waals surface area contributed by atoms with E-state index in [1.165, 1.54) is 257 Å². The van der Waals surface area contributed by atoms with Crippen LogP contribution in [0.5, 0.6) is 0 Å². The van der Waals surface area contributed by atoms with Gasteiger partial charge in [0.1, 0.15) is 19.3 Å². The van der Waals surface area contributed by atoms with Crippen LogP contribution in [0.3, 0.4) is 0 Å². The lowest BCUT2D eigenvalue weighted by molar-refractivity contribution is -0.161. The van der Waals surface area contributed by atoms with Crippen LogP contribution in [-0.4, -0.2) is 96.7 Å². The van der Waals surface area contributed by atoms with Crippen LogP contribution in [0.4, 0.5) is 0 Å². The number of phosphoric acid groups is 2. The molecule has 0 aliphatic heterocycles. The number of rotatable bonds is 82. The van der Waals surface area contributed by atoms with Gasteiger partial charge in [0, 0.05) is 25.7 Å². The highest BCUT2D eigenvalue weighted by Gasteiger charge is 2.30. The summed E-state index contributed by atoms with van der Waals surface area (Å²) >= 11 is 0. The number of aliphatic hydroxyl groups excluding tert-OH is 1. The lowest BCUT2D eigenvalue weighted by Gasteiger charge is -2.21. The minimum absolute atomic E-state index is 0.107. The van der Waals surface area contributed by atoms with Crippen molar-refractivity contribution in [1.29, 1.82) is 0 Å². The minimum atomic E-state index is -4.96. The van der Waals surface area contributed by atoms with Crippen molar-refractivity contribution in [2.45, 2.75) is 457 Å². The van der Waals surface area contributed by atoms with Crippen molar-refractivity contribution in [2.24, 2.45) is 5.92 Å². The fourth-order valence-corrected chi connectivity index (χ4v) is 14.3. The first kappa shape index (κ1) is 99.1. The highest BCUT2D eigenvalue weighted by Crippen LogP contribution is 2.45. The van der Waals surface area contributed by atoms with Crippen molar-refractivity contribution in [1.82, 2.24) is 0 Å². The van der Waals surface area contributed by atoms with Gasteiger partial charge in [0.15, 0.2) is 12.2 Å². The average Bonchev–Trinajstić information content (AvgIpc) is 0.973. The normalized spacial score (nSPS) is 13.8. The van der Waals surface area contributed by atoms with Crippen molar-refractivity contribution >= 4 is 39.5 Å². The van der Waals surface area contributed by atoms with Gasteiger partial charge in [0.25, 0.3) is 0 Å². The van der Waals surface area contributed by atoms with E-state index in [9.17, 15) is 43.2 Å². The van der Waals surface area contributed by atoms with E-state index in [0.717, 1.165) is 96.3 Å². The Morgan fingerprint density at radius 3 is 0.673 bits per heavy atom. The van der Waals surface area contributed by atoms with Gasteiger partial charge in [-0.3, -0.25) is 37.3 Å². The molecule has 0 saturated carbocycles. The molecule has 17 nitrogen and oxygen atoms in total. The Kier molecular flexibility index (Phi) is 73.5. The molecular weight excluding hydrogens is 1320 g/mol. The number of hydrogen-bond donors (Lipinski definition) is 3. The van der Waals surface area contributed by atoms with E-state index in [4.69, 9.17) is 37.0 Å². The number of esters is 4. The zero-order valence-corrected chi connectivity index (χ0v) is 67.8. The number of ether oxygens (including phenoxy) is 4. The number of phosphoric ester groups is 2. The monoisotopic (exact) mass is 1480 g/mol. The molecular formula is C82H160O17P2. The largest absolute Gasteiger partial charge is 0.472 e. The van der Waals surface area contributed by atoms with E-state index < -0.39 is 97.5 Å². The standard InChI is InChI=1S/C82H160O17P2/c1-6-9-12-15-18-21-24-27-29-31-33-35-37-40-42-45-50-55-60-65-79(84)92-71-77(98-82(87)68-63-58-52-47-44-41-38-36-34-32-30-28-25-22-19-16-13-10-7-2)73-96-100(88,89)94-69-76(83)70-95-101(90,91)97-74-78(72-93-80(85)66-61-56-53-48-49-54-59-64-75(4)5)99-81(86)67-62-57-51-46-43-39-26-23-20-17-14-11-8-3/h75-78,83H,6-74H2,1-5H3,(H,88,89)(H,90,91)/t76-,77-,78-/m1/s1. The Bertz CT molecular complexity index is 1930. The van der Waals surface area contributed by atoms with Crippen LogP contribution in [0.2, 0.25) is 0 Å². The summed E-state index contributed by atoms with van der Waals surface area (Å²) in [6.07, 6.45) is 66.7. The fraction of sp³-hybridized carbons (Fsp3) is 0.951. The summed E-state index contributed by atoms with van der Waals surface area (Å²) in [5.74, 6) is -1.40. The molecule has 0 aromatic heterocycles. The molecule has 101 heavy (non-hydrogen) atoms. The molecule has 0 spiro atoms. The third-order valence-corrected chi connectivity index (χ3v) is 21.2. The molecule has 0 aliphatic rings. The molecule has 0 radical (unpaired) electrons. The second-order valence-corrected chi connectivity index (χ2v) is 32.9. The summed E-state index contributed by atoms with van der Waals surface area (Å²) < 4.78 is 68.7. The molecule has 0 rings (SSSR count). The van der Waals surface area contributed by atoms with Crippen molar-refractivity contribution in [3.63, 3.8) is 0 Å². The summed E-state index contributed by atoms with van der Waals surface area (Å²) in [5, 5.41) is 10.6. The summed E-state index contributed by atoms with van der Waals surface area (Å²) in [7, 11) is -9.92. The van der Waals surface area contributed by atoms with Crippen LogP contribution >= 0.6 is 15.6 Å². The Hall–Kier alpha value is -1.94. The number of hydrogen-bond acceptors (Lipinski definition) is 15. The average molecular weight is 1480 g/mol. The van der Waals surface area contributed by atoms with Crippen LogP contribution in [0, 0.1) is 5.92 Å². The quantitative estimate of drug-likeness (QED) is 0.0222. The lowest BCUT2D eigenvalue weighted by atomic mass is 10.0. The van der Waals surface area contributed by atoms with Gasteiger partial charge in [-0.15, -0.1) is 0 Å². The lowest BCUT2D eigenvalue weighted by Crippen LogP contribution is -2.30. The Labute approximate surface area is 619 Å². The molecule has 0 aliphatic carbocycles. The van der Waals surface area contributed by atoms with Gasteiger partial charge in [-0.05, 0) is 31.6 Å². The second-order valence-electron chi connectivity index (χ2n) is 30.0. The Balaban J connectivity index is 5.22. The molecule has 0 aromatic rings. The molecule has 2 unspecified atom stereocenters. The number of aliphatic hydroxyl groups is 1. The van der Waals surface area contributed by atoms with Crippen molar-refractivity contribution in [2.75, 3.05) is 39.6 Å². The zero-order valence-electron chi connectivity index (χ0n) is 66.1. The van der Waals surface area contributed by atoms with Gasteiger partial charge < -0.3 is 33.8 Å². The van der Waals surface area contributed by atoms with Crippen molar-refractivity contribution in [3.05, 3.63) is 0 Å². The molecule has 5 atom stereocenters. The summed E-state index contributed by atoms with van der Waals surface area (Å²) in [6.45, 7) is 7.28. The molecule has 0 aromatic carbocycles. The Morgan fingerprint density at radius 2 is 0.455 bits per heavy atom. The van der Waals surface area contributed by atoms with Crippen LogP contribution in [-0.2, 0) is 65.4 Å². The SMILES string of the molecule is CCCCCCCCCCCCCCCCCCCCCC(=O)OC[C@H](COP(=O)(O)OC[C@@H](O)COP(=O)(O)OC[C@@H](COC(=O)CCCCCCCCCC(C)C)OC(=O)CCCCCCCCCCCCCCC)OC(=O)CCCCCCCCCCCCCCCCCCCCC. The summed E-state index contributed by atoms with van der Waals surface area (Å²) in [6, 6.07) is 0. The topological polar surface area (TPSA) is 237 Å². The third-order valence-electron chi connectivity index (χ3n) is 19.3. The highest BCUT2D eigenvalue weighted by molar-refractivity contribution is 7.47. The predicted octanol–water partition coefficient (Wildman–Crippen LogP) is 24.8. The van der Waals surface area contributed by atoms with E-state index >= 15 is 0 Å². The van der Waals surface area contributed by atoms with E-state index in [1.807, 2.05) is 0 Å². The first-order chi connectivity index (χ1) is 49.0. The highest BCUT2D eigenvalue weighted by atomic mass is 31.2. The molecule has 3 N–H and O–H groups in total. The van der Waals surface area contributed by atoms with Gasteiger partial charge in [-0.1, -0.05) is 388 Å². The van der Waals surface area contributed by atoms with Crippen LogP contribution < -0.4 is 0 Å². The smallest absolute Gasteiger partial charge is 0.462 e. The van der Waals surface area contributed by atoms with Crippen molar-refractivity contribution in [3.8, 4) is 0 Å². The maximum absolute atomic E-state index is 13.1. The summed E-state index contributed by atoms with van der Waals surface area (Å²) in [5.41, 5.74) is 0. The van der Waals surface area contributed by atoms with E-state index in [-0.39, 0.29) is 25.7 Å². The van der Waals surface area contributed by atoms with E-state index in [1.54, 1.807) is 0 Å². The van der Waals surface area contributed by atoms with Crippen molar-refractivity contribution < 1.29 is 80.2 Å². The van der Waals surface area contributed by atoms with E-state index in [0.29, 0.717) is 31.6 Å². The molecule has 0 heterocycles. The van der Waals surface area contributed by atoms with Crippen LogP contribution in [0.15, 0.2) is 0 Å². The van der Waals surface area contributed by atoms with Crippen LogP contribution in [0.1, 0.15) is 439 Å². The number of carbonyl (C=O) groups excluding carboxylic acids is 4. The summed E-state index contributed by atoms with van der Waals surface area (Å²) in [4.78, 5) is 73.0. The molecule has 0 amide bonds. The molecule has 600 valence electrons. The number of unbranched alkanes of at least 4 members (excludes halogenated alkanes) is 54. The van der Waals surface area contributed by atoms with Gasteiger partial charge in [-0.25, -0.2) is 9.13 Å². The van der Waals surface area contributed by atoms with Gasteiger partial charge in [0.05, 0.1) is 26.4 Å². The van der Waals surface area contributed by atoms with Gasteiger partial charge >= 0.3 is 39.5 Å². The predicted molar refractivity (Wildman–Crippen MR) is 414 cm³/mol. The first-order valence-electron chi connectivity index (χ1n) is 42.6. The maximum atomic E-state index is 13.1. The molecule has 0 saturated heterocycles. The van der Waals surface area contributed by atoms with E-state index in [2.05, 4.69) is 34.6 Å². The fourth-order valence-electron chi connectivity index (χ4n) is 12.8. The molecule has 19 heteroatoms. The second kappa shape index (κ2) is 74.9. The third kappa shape index (κ3) is 76.1. The minimum Gasteiger partial charge on any atom is -0.462 e. The maximum Gasteiger partial charge on any atom is 0.472 e. The first-order valence-corrected chi connectivity index (χ1v) is 45.6. The van der Waals surface area contributed by atoms with Gasteiger partial charge in [-0.2, -0.15) is 0 Å².